The van der Waals surface area contributed by atoms with Gasteiger partial charge in [0.05, 0.1) is 5.51 Å². The molecule has 4 rings (SSSR count). The Bertz CT molecular complexity index is 1100. The number of hydrogen-bond acceptors (Lipinski definition) is 7. The summed E-state index contributed by atoms with van der Waals surface area (Å²) in [5.74, 6) is 1.15. The van der Waals surface area contributed by atoms with Crippen LogP contribution in [0.4, 0.5) is 11.6 Å². The minimum Gasteiger partial charge on any atom is -0.356 e. The first-order chi connectivity index (χ1) is 14.9. The van der Waals surface area contributed by atoms with Gasteiger partial charge in [-0.1, -0.05) is 30.3 Å². The van der Waals surface area contributed by atoms with Crippen LogP contribution in [0.25, 0.3) is 0 Å². The lowest BCUT2D eigenvalue weighted by Gasteiger charge is -2.37. The number of piperidine rings is 1. The Morgan fingerprint density at radius 1 is 1.19 bits per heavy atom. The maximum Gasteiger partial charge on any atom is 0.264 e. The van der Waals surface area contributed by atoms with E-state index in [2.05, 4.69) is 55.8 Å². The predicted octanol–water partition coefficient (Wildman–Crippen LogP) is 3.75. The maximum atomic E-state index is 12.6. The van der Waals surface area contributed by atoms with E-state index < -0.39 is 10.0 Å². The molecule has 7 nitrogen and oxygen atoms in total. The molecule has 2 aromatic heterocycles. The normalized spacial score (nSPS) is 15.7. The fraction of sp³-hybridized carbons (Fsp3) is 0.364. The second-order valence-corrected chi connectivity index (χ2v) is 10.3. The fourth-order valence-corrected chi connectivity index (χ4v) is 5.58. The van der Waals surface area contributed by atoms with Gasteiger partial charge in [0, 0.05) is 44.3 Å². The quantitative estimate of drug-likeness (QED) is 0.582. The van der Waals surface area contributed by atoms with Crippen LogP contribution < -0.4 is 9.62 Å². The van der Waals surface area contributed by atoms with Crippen molar-refractivity contribution in [1.29, 1.82) is 0 Å². The number of thiazole rings is 1. The van der Waals surface area contributed by atoms with Gasteiger partial charge >= 0.3 is 0 Å². The molecular weight excluding hydrogens is 430 g/mol. The van der Waals surface area contributed by atoms with E-state index in [1.807, 2.05) is 13.0 Å². The van der Waals surface area contributed by atoms with E-state index in [9.17, 15) is 8.42 Å². The Morgan fingerprint density at radius 2 is 1.94 bits per heavy atom. The molecule has 0 aliphatic carbocycles. The van der Waals surface area contributed by atoms with E-state index in [0.717, 1.165) is 43.9 Å². The Kier molecular flexibility index (Phi) is 6.54. The van der Waals surface area contributed by atoms with Crippen LogP contribution in [0.15, 0.2) is 58.4 Å². The molecule has 1 aliphatic rings. The summed E-state index contributed by atoms with van der Waals surface area (Å²) in [5.41, 5.74) is 3.77. The van der Waals surface area contributed by atoms with Gasteiger partial charge < -0.3 is 4.90 Å². The number of anilines is 2. The van der Waals surface area contributed by atoms with Crippen molar-refractivity contribution >= 4 is 33.0 Å². The van der Waals surface area contributed by atoms with Crippen LogP contribution >= 0.6 is 11.3 Å². The zero-order valence-corrected chi connectivity index (χ0v) is 19.4. The van der Waals surface area contributed by atoms with Crippen LogP contribution in [0, 0.1) is 6.92 Å². The topological polar surface area (TPSA) is 78.4 Å². The summed E-state index contributed by atoms with van der Waals surface area (Å²) >= 11 is 1.34. The first-order valence-corrected chi connectivity index (χ1v) is 12.7. The molecule has 1 aliphatic heterocycles. The summed E-state index contributed by atoms with van der Waals surface area (Å²) in [6, 6.07) is 12.6. The standard InChI is InChI=1S/C22H27N5O2S2/c1-17-12-20(31(28,29)25-21-15-30-16-24-21)13-23-22(17)26(2)19-8-10-27(11-9-19)14-18-6-4-3-5-7-18/h3-7,12-13,15-16,19,25H,8-11,14H2,1-2H3. The van der Waals surface area contributed by atoms with E-state index in [-0.39, 0.29) is 4.90 Å². The molecule has 0 spiro atoms. The molecule has 1 N–H and O–H groups in total. The number of hydrogen-bond donors (Lipinski definition) is 1. The largest absolute Gasteiger partial charge is 0.356 e. The monoisotopic (exact) mass is 457 g/mol. The van der Waals surface area contributed by atoms with E-state index >= 15 is 0 Å². The average molecular weight is 458 g/mol. The molecule has 0 bridgehead atoms. The number of pyridine rings is 1. The van der Waals surface area contributed by atoms with Gasteiger partial charge in [0.1, 0.15) is 10.7 Å². The van der Waals surface area contributed by atoms with Gasteiger partial charge in [-0.25, -0.2) is 18.4 Å². The van der Waals surface area contributed by atoms with Crippen molar-refractivity contribution < 1.29 is 8.42 Å². The lowest BCUT2D eigenvalue weighted by molar-refractivity contribution is 0.203. The number of sulfonamides is 1. The number of nitrogens with zero attached hydrogens (tertiary/aromatic N) is 4. The van der Waals surface area contributed by atoms with Crippen LogP contribution in [-0.4, -0.2) is 49.5 Å². The molecular formula is C22H27N5O2S2. The van der Waals surface area contributed by atoms with Crippen LogP contribution in [-0.2, 0) is 16.6 Å². The Hall–Kier alpha value is -2.49. The third kappa shape index (κ3) is 5.23. The molecule has 1 saturated heterocycles. The molecule has 0 saturated carbocycles. The van der Waals surface area contributed by atoms with Crippen molar-refractivity contribution in [2.45, 2.75) is 37.2 Å². The molecule has 1 fully saturated rings. The number of likely N-dealkylation sites (tertiary alicyclic amines) is 1. The summed E-state index contributed by atoms with van der Waals surface area (Å²) in [6.07, 6.45) is 3.53. The third-order valence-electron chi connectivity index (χ3n) is 5.70. The van der Waals surface area contributed by atoms with Gasteiger partial charge in [0.25, 0.3) is 10.0 Å². The number of aryl methyl sites for hydroxylation is 1. The zero-order chi connectivity index (χ0) is 21.8. The minimum atomic E-state index is -3.70. The van der Waals surface area contributed by atoms with E-state index in [1.165, 1.54) is 23.1 Å². The van der Waals surface area contributed by atoms with E-state index in [1.54, 1.807) is 17.0 Å². The summed E-state index contributed by atoms with van der Waals surface area (Å²) in [6.45, 7) is 4.96. The maximum absolute atomic E-state index is 12.6. The Balaban J connectivity index is 1.39. The van der Waals surface area contributed by atoms with E-state index in [0.29, 0.717) is 11.9 Å². The highest BCUT2D eigenvalue weighted by Gasteiger charge is 2.25. The first-order valence-electron chi connectivity index (χ1n) is 10.3. The van der Waals surface area contributed by atoms with Gasteiger partial charge in [0.2, 0.25) is 0 Å². The lowest BCUT2D eigenvalue weighted by atomic mass is 10.0. The summed E-state index contributed by atoms with van der Waals surface area (Å²) in [5, 5.41) is 1.66. The number of benzene rings is 1. The van der Waals surface area contributed by atoms with Crippen molar-refractivity contribution in [2.24, 2.45) is 0 Å². The number of aromatic nitrogens is 2. The Labute approximate surface area is 187 Å². The Morgan fingerprint density at radius 3 is 2.58 bits per heavy atom. The first kappa shape index (κ1) is 21.7. The second-order valence-electron chi connectivity index (χ2n) is 7.89. The molecule has 3 aromatic rings. The molecule has 1 aromatic carbocycles. The van der Waals surface area contributed by atoms with Gasteiger partial charge in [0.15, 0.2) is 5.82 Å². The van der Waals surface area contributed by atoms with Crippen LogP contribution in [0.2, 0.25) is 0 Å². The molecule has 0 unspecified atom stereocenters. The molecule has 0 amide bonds. The molecule has 9 heteroatoms. The average Bonchev–Trinajstić information content (AvgIpc) is 3.27. The highest BCUT2D eigenvalue weighted by Crippen LogP contribution is 2.26. The van der Waals surface area contributed by atoms with Gasteiger partial charge in [-0.15, -0.1) is 11.3 Å². The van der Waals surface area contributed by atoms with Gasteiger partial charge in [-0.05, 0) is 37.0 Å². The molecule has 3 heterocycles. The second kappa shape index (κ2) is 9.33. The van der Waals surface area contributed by atoms with Crippen molar-refractivity contribution in [1.82, 2.24) is 14.9 Å². The van der Waals surface area contributed by atoms with Crippen LogP contribution in [0.1, 0.15) is 24.0 Å². The molecule has 164 valence electrons. The number of rotatable bonds is 7. The predicted molar refractivity (Wildman–Crippen MR) is 125 cm³/mol. The molecule has 0 atom stereocenters. The van der Waals surface area contributed by atoms with Crippen molar-refractivity contribution in [3.63, 3.8) is 0 Å². The van der Waals surface area contributed by atoms with E-state index in [4.69, 9.17) is 0 Å². The van der Waals surface area contributed by atoms with Gasteiger partial charge in [-0.2, -0.15) is 0 Å². The van der Waals surface area contributed by atoms with Gasteiger partial charge in [-0.3, -0.25) is 9.62 Å². The summed E-state index contributed by atoms with van der Waals surface area (Å²) < 4.78 is 27.7. The van der Waals surface area contributed by atoms with Crippen molar-refractivity contribution in [2.75, 3.05) is 29.8 Å². The highest BCUT2D eigenvalue weighted by atomic mass is 32.2. The third-order valence-corrected chi connectivity index (χ3v) is 7.60. The lowest BCUT2D eigenvalue weighted by Crippen LogP contribution is -2.43. The highest BCUT2D eigenvalue weighted by molar-refractivity contribution is 7.92. The van der Waals surface area contributed by atoms with Crippen LogP contribution in [0.3, 0.4) is 0 Å². The molecule has 31 heavy (non-hydrogen) atoms. The van der Waals surface area contributed by atoms with Crippen LogP contribution in [0.5, 0.6) is 0 Å². The number of nitrogens with one attached hydrogen (secondary N) is 1. The molecule has 0 radical (unpaired) electrons. The minimum absolute atomic E-state index is 0.146. The fourth-order valence-electron chi connectivity index (χ4n) is 4.00. The van der Waals surface area contributed by atoms with Crippen molar-refractivity contribution in [3.05, 3.63) is 64.6 Å². The SMILES string of the molecule is Cc1cc(S(=O)(=O)Nc2cscn2)cnc1N(C)C1CCN(Cc2ccccc2)CC1. The summed E-state index contributed by atoms with van der Waals surface area (Å²) in [7, 11) is -1.65. The smallest absolute Gasteiger partial charge is 0.264 e. The summed E-state index contributed by atoms with van der Waals surface area (Å²) in [4.78, 5) is 13.3. The van der Waals surface area contributed by atoms with Crippen molar-refractivity contribution in [3.8, 4) is 0 Å². The zero-order valence-electron chi connectivity index (χ0n) is 17.7.